The molecular formula is C22H24ClN3O2. The smallest absolute Gasteiger partial charge is 0.251 e. The van der Waals surface area contributed by atoms with E-state index in [0.717, 1.165) is 28.1 Å². The molecule has 0 aliphatic carbocycles. The van der Waals surface area contributed by atoms with Crippen molar-refractivity contribution in [1.82, 2.24) is 15.1 Å². The van der Waals surface area contributed by atoms with Crippen molar-refractivity contribution in [2.24, 2.45) is 7.05 Å². The van der Waals surface area contributed by atoms with Crippen molar-refractivity contribution in [2.45, 2.75) is 33.4 Å². The van der Waals surface area contributed by atoms with Crippen molar-refractivity contribution < 1.29 is 9.53 Å². The predicted octanol–water partition coefficient (Wildman–Crippen LogP) is 4.76. The maximum atomic E-state index is 12.7. The van der Waals surface area contributed by atoms with Crippen LogP contribution in [0.2, 0.25) is 5.02 Å². The Bertz CT molecular complexity index is 997. The number of carbonyl (C=O) groups excluding carboxylic acids is 1. The van der Waals surface area contributed by atoms with Gasteiger partial charge in [-0.15, -0.1) is 0 Å². The third kappa shape index (κ3) is 4.73. The zero-order chi connectivity index (χ0) is 20.3. The fraction of sp³-hybridized carbons (Fsp3) is 0.273. The van der Waals surface area contributed by atoms with Gasteiger partial charge in [0.05, 0.1) is 11.7 Å². The maximum Gasteiger partial charge on any atom is 0.251 e. The largest absolute Gasteiger partial charge is 0.489 e. The zero-order valence-corrected chi connectivity index (χ0v) is 17.2. The number of nitrogens with one attached hydrogen (secondary N) is 1. The summed E-state index contributed by atoms with van der Waals surface area (Å²) in [4.78, 5) is 12.7. The van der Waals surface area contributed by atoms with Crippen LogP contribution >= 0.6 is 11.6 Å². The zero-order valence-electron chi connectivity index (χ0n) is 16.5. The van der Waals surface area contributed by atoms with Gasteiger partial charge in [0, 0.05) is 29.4 Å². The number of amides is 1. The van der Waals surface area contributed by atoms with Crippen molar-refractivity contribution in [2.75, 3.05) is 0 Å². The lowest BCUT2D eigenvalue weighted by atomic mass is 10.1. The van der Waals surface area contributed by atoms with Crippen LogP contribution in [0.4, 0.5) is 0 Å². The molecule has 28 heavy (non-hydrogen) atoms. The molecule has 0 fully saturated rings. The Kier molecular flexibility index (Phi) is 6.05. The summed E-state index contributed by atoms with van der Waals surface area (Å²) in [5.74, 6) is 0.653. The van der Waals surface area contributed by atoms with E-state index in [2.05, 4.69) is 10.4 Å². The molecular weight excluding hydrogens is 374 g/mol. The van der Waals surface area contributed by atoms with Crippen LogP contribution in [-0.2, 0) is 13.7 Å². The van der Waals surface area contributed by atoms with Gasteiger partial charge in [0.15, 0.2) is 0 Å². The van der Waals surface area contributed by atoms with Crippen LogP contribution in [0.3, 0.4) is 0 Å². The molecule has 0 aliphatic heterocycles. The molecule has 0 radical (unpaired) electrons. The van der Waals surface area contributed by atoms with Crippen LogP contribution < -0.4 is 10.1 Å². The summed E-state index contributed by atoms with van der Waals surface area (Å²) < 4.78 is 7.63. The van der Waals surface area contributed by atoms with Crippen molar-refractivity contribution in [1.29, 1.82) is 0 Å². The molecule has 0 spiro atoms. The molecule has 6 heteroatoms. The van der Waals surface area contributed by atoms with Crippen molar-refractivity contribution in [3.8, 4) is 5.75 Å². The summed E-state index contributed by atoms with van der Waals surface area (Å²) in [5.41, 5.74) is 4.42. The summed E-state index contributed by atoms with van der Waals surface area (Å²) in [6.07, 6.45) is 1.93. The monoisotopic (exact) mass is 397 g/mol. The number of aryl methyl sites for hydroxylation is 3. The van der Waals surface area contributed by atoms with E-state index >= 15 is 0 Å². The minimum atomic E-state index is -0.127. The van der Waals surface area contributed by atoms with E-state index in [1.54, 1.807) is 16.8 Å². The van der Waals surface area contributed by atoms with Crippen LogP contribution in [0.1, 0.15) is 45.7 Å². The first-order valence-electron chi connectivity index (χ1n) is 9.12. The molecule has 1 atom stereocenters. The second-order valence-electron chi connectivity index (χ2n) is 6.94. The first-order valence-corrected chi connectivity index (χ1v) is 9.50. The van der Waals surface area contributed by atoms with Gasteiger partial charge in [-0.25, -0.2) is 0 Å². The molecule has 1 N–H and O–H groups in total. The number of hydrogen-bond acceptors (Lipinski definition) is 3. The van der Waals surface area contributed by atoms with Gasteiger partial charge in [-0.1, -0.05) is 23.7 Å². The quantitative estimate of drug-likeness (QED) is 0.652. The van der Waals surface area contributed by atoms with E-state index in [4.69, 9.17) is 16.3 Å². The number of halogens is 1. The Labute approximate surface area is 170 Å². The van der Waals surface area contributed by atoms with Crippen LogP contribution in [0.5, 0.6) is 5.75 Å². The van der Waals surface area contributed by atoms with Crippen molar-refractivity contribution in [3.05, 3.63) is 81.6 Å². The fourth-order valence-electron chi connectivity index (χ4n) is 3.14. The van der Waals surface area contributed by atoms with Crippen LogP contribution in [0.15, 0.2) is 48.7 Å². The average molecular weight is 398 g/mol. The number of carbonyl (C=O) groups is 1. The SMILES string of the molecule is Cc1cc(Cl)ccc1OCc1cccc(C(=O)NC(C)c2cn(C)nc2C)c1. The van der Waals surface area contributed by atoms with E-state index in [1.165, 1.54) is 0 Å². The van der Waals surface area contributed by atoms with Gasteiger partial charge in [0.2, 0.25) is 0 Å². The number of hydrogen-bond donors (Lipinski definition) is 1. The molecule has 0 saturated heterocycles. The molecule has 146 valence electrons. The van der Waals surface area contributed by atoms with E-state index in [9.17, 15) is 4.79 Å². The van der Waals surface area contributed by atoms with Crippen molar-refractivity contribution in [3.63, 3.8) is 0 Å². The number of benzene rings is 2. The number of nitrogens with zero attached hydrogens (tertiary/aromatic N) is 2. The van der Waals surface area contributed by atoms with Gasteiger partial charge in [-0.3, -0.25) is 9.48 Å². The van der Waals surface area contributed by atoms with E-state index < -0.39 is 0 Å². The summed E-state index contributed by atoms with van der Waals surface area (Å²) in [6, 6.07) is 12.8. The minimum Gasteiger partial charge on any atom is -0.489 e. The molecule has 1 heterocycles. The molecule has 5 nitrogen and oxygen atoms in total. The molecule has 0 bridgehead atoms. The summed E-state index contributed by atoms with van der Waals surface area (Å²) in [5, 5.41) is 8.05. The molecule has 3 rings (SSSR count). The highest BCUT2D eigenvalue weighted by molar-refractivity contribution is 6.30. The van der Waals surface area contributed by atoms with E-state index in [-0.39, 0.29) is 11.9 Å². The van der Waals surface area contributed by atoms with Gasteiger partial charge >= 0.3 is 0 Å². The second kappa shape index (κ2) is 8.48. The highest BCUT2D eigenvalue weighted by Crippen LogP contribution is 2.23. The Hall–Kier alpha value is -2.79. The summed E-state index contributed by atoms with van der Waals surface area (Å²) >= 11 is 5.98. The van der Waals surface area contributed by atoms with Gasteiger partial charge in [0.25, 0.3) is 5.91 Å². The predicted molar refractivity (Wildman–Crippen MR) is 111 cm³/mol. The number of rotatable bonds is 6. The first-order chi connectivity index (χ1) is 13.3. The van der Waals surface area contributed by atoms with Gasteiger partial charge in [-0.2, -0.15) is 5.10 Å². The van der Waals surface area contributed by atoms with Crippen LogP contribution in [0.25, 0.3) is 0 Å². The molecule has 3 aromatic rings. The lowest BCUT2D eigenvalue weighted by Crippen LogP contribution is -2.27. The molecule has 2 aromatic carbocycles. The highest BCUT2D eigenvalue weighted by Gasteiger charge is 2.15. The average Bonchev–Trinajstić information content (AvgIpc) is 2.99. The van der Waals surface area contributed by atoms with Gasteiger partial charge in [0.1, 0.15) is 12.4 Å². The summed E-state index contributed by atoms with van der Waals surface area (Å²) in [7, 11) is 1.87. The third-order valence-corrected chi connectivity index (χ3v) is 4.82. The molecule has 1 amide bonds. The van der Waals surface area contributed by atoms with Gasteiger partial charge in [-0.05, 0) is 62.2 Å². The van der Waals surface area contributed by atoms with Crippen LogP contribution in [-0.4, -0.2) is 15.7 Å². The number of aromatic nitrogens is 2. The van der Waals surface area contributed by atoms with Gasteiger partial charge < -0.3 is 10.1 Å². The van der Waals surface area contributed by atoms with E-state index in [1.807, 2.05) is 64.3 Å². The van der Waals surface area contributed by atoms with E-state index in [0.29, 0.717) is 17.2 Å². The lowest BCUT2D eigenvalue weighted by Gasteiger charge is -2.14. The fourth-order valence-corrected chi connectivity index (χ4v) is 3.37. The topological polar surface area (TPSA) is 56.1 Å². The molecule has 0 saturated carbocycles. The molecule has 1 unspecified atom stereocenters. The maximum absolute atomic E-state index is 12.7. The highest BCUT2D eigenvalue weighted by atomic mass is 35.5. The summed E-state index contributed by atoms with van der Waals surface area (Å²) in [6.45, 7) is 6.22. The second-order valence-corrected chi connectivity index (χ2v) is 7.37. The Morgan fingerprint density at radius 1 is 1.25 bits per heavy atom. The lowest BCUT2D eigenvalue weighted by molar-refractivity contribution is 0.0939. The third-order valence-electron chi connectivity index (χ3n) is 4.59. The molecule has 1 aromatic heterocycles. The molecule has 0 aliphatic rings. The number of ether oxygens (including phenoxy) is 1. The minimum absolute atomic E-state index is 0.125. The first kappa shape index (κ1) is 20.0. The van der Waals surface area contributed by atoms with Crippen LogP contribution in [0, 0.1) is 13.8 Å². The Balaban J connectivity index is 1.66. The normalized spacial score (nSPS) is 11.9. The van der Waals surface area contributed by atoms with Crippen molar-refractivity contribution >= 4 is 17.5 Å². The Morgan fingerprint density at radius 3 is 2.71 bits per heavy atom. The Morgan fingerprint density at radius 2 is 2.04 bits per heavy atom. The standard InChI is InChI=1S/C22H24ClN3O2/c1-14-10-19(23)8-9-21(14)28-13-17-6-5-7-18(11-17)22(27)24-15(2)20-12-26(4)25-16(20)3/h5-12,15H,13H2,1-4H3,(H,24,27).